The fraction of sp³-hybridized carbons (Fsp3) is 0.0800. The quantitative estimate of drug-likeness (QED) is 0.722. The summed E-state index contributed by atoms with van der Waals surface area (Å²) >= 11 is 0. The third kappa shape index (κ3) is 2.13. The summed E-state index contributed by atoms with van der Waals surface area (Å²) in [7, 11) is 0. The van der Waals surface area contributed by atoms with E-state index in [4.69, 9.17) is 9.47 Å². The summed E-state index contributed by atoms with van der Waals surface area (Å²) in [5.41, 5.74) is 4.78. The molecular weight excluding hydrogens is 346 g/mol. The number of para-hydroxylation sites is 1. The summed E-state index contributed by atoms with van der Waals surface area (Å²) in [6.07, 6.45) is 18.3. The van der Waals surface area contributed by atoms with E-state index in [1.165, 1.54) is 0 Å². The predicted molar refractivity (Wildman–Crippen MR) is 111 cm³/mol. The molecular formula is C25H17NO2. The average molecular weight is 363 g/mol. The van der Waals surface area contributed by atoms with Gasteiger partial charge in [0, 0.05) is 28.5 Å². The van der Waals surface area contributed by atoms with E-state index in [0.717, 1.165) is 39.3 Å². The van der Waals surface area contributed by atoms with Crippen LogP contribution in [0.1, 0.15) is 22.9 Å². The van der Waals surface area contributed by atoms with Gasteiger partial charge in [0.15, 0.2) is 5.60 Å². The van der Waals surface area contributed by atoms with Gasteiger partial charge >= 0.3 is 0 Å². The molecule has 2 aliphatic heterocycles. The van der Waals surface area contributed by atoms with Gasteiger partial charge in [-0.2, -0.15) is 0 Å². The van der Waals surface area contributed by atoms with E-state index in [1.807, 2.05) is 48.7 Å². The lowest BCUT2D eigenvalue weighted by Gasteiger charge is -2.41. The average Bonchev–Trinajstić information content (AvgIpc) is 3.15. The van der Waals surface area contributed by atoms with E-state index in [1.54, 1.807) is 0 Å². The van der Waals surface area contributed by atoms with Crippen molar-refractivity contribution >= 4 is 12.3 Å². The molecule has 2 atom stereocenters. The maximum atomic E-state index is 6.75. The van der Waals surface area contributed by atoms with Crippen molar-refractivity contribution < 1.29 is 9.47 Å². The van der Waals surface area contributed by atoms with Crippen molar-refractivity contribution in [3.05, 3.63) is 113 Å². The Balaban J connectivity index is 1.48. The molecule has 0 fully saturated rings. The smallest absolute Gasteiger partial charge is 0.219 e. The van der Waals surface area contributed by atoms with Crippen molar-refractivity contribution in [1.29, 1.82) is 0 Å². The Morgan fingerprint density at radius 1 is 0.893 bits per heavy atom. The summed E-state index contributed by atoms with van der Waals surface area (Å²) in [4.78, 5) is 4.60. The molecule has 0 bridgehead atoms. The van der Waals surface area contributed by atoms with Gasteiger partial charge in [0.1, 0.15) is 11.5 Å². The van der Waals surface area contributed by atoms with Gasteiger partial charge in [0.05, 0.1) is 5.56 Å². The lowest BCUT2D eigenvalue weighted by Crippen LogP contribution is -2.41. The Morgan fingerprint density at radius 2 is 1.75 bits per heavy atom. The molecule has 2 unspecified atom stereocenters. The SMILES string of the molecule is C1=CC2=CC=CC3=Cc4ccc5c(c4OC23C=C1)C(Oc1ccccc1)N=C5. The highest BCUT2D eigenvalue weighted by molar-refractivity contribution is 5.89. The summed E-state index contributed by atoms with van der Waals surface area (Å²) in [6, 6.07) is 14.0. The molecule has 0 radical (unpaired) electrons. The first-order chi connectivity index (χ1) is 13.8. The van der Waals surface area contributed by atoms with E-state index >= 15 is 0 Å². The van der Waals surface area contributed by atoms with Crippen LogP contribution in [-0.4, -0.2) is 11.8 Å². The molecule has 134 valence electrons. The lowest BCUT2D eigenvalue weighted by atomic mass is 9.77. The zero-order valence-electron chi connectivity index (χ0n) is 15.1. The first-order valence-corrected chi connectivity index (χ1v) is 9.41. The number of aliphatic imine (C=N–C) groups is 1. The number of nitrogens with zero attached hydrogens (tertiary/aromatic N) is 1. The van der Waals surface area contributed by atoms with Gasteiger partial charge in [0.2, 0.25) is 6.23 Å². The number of hydrogen-bond donors (Lipinski definition) is 0. The van der Waals surface area contributed by atoms with Gasteiger partial charge in [-0.3, -0.25) is 0 Å². The van der Waals surface area contributed by atoms with Crippen LogP contribution < -0.4 is 9.47 Å². The molecule has 0 saturated carbocycles. The molecule has 28 heavy (non-hydrogen) atoms. The van der Waals surface area contributed by atoms with E-state index in [0.29, 0.717) is 0 Å². The van der Waals surface area contributed by atoms with Crippen molar-refractivity contribution in [3.63, 3.8) is 0 Å². The molecule has 2 aromatic rings. The molecule has 6 rings (SSSR count). The Morgan fingerprint density at radius 3 is 2.68 bits per heavy atom. The molecule has 0 saturated heterocycles. The molecule has 0 amide bonds. The van der Waals surface area contributed by atoms with Gasteiger partial charge in [0.25, 0.3) is 0 Å². The molecule has 2 aromatic carbocycles. The molecule has 2 aliphatic carbocycles. The number of allylic oxidation sites excluding steroid dienone is 4. The van der Waals surface area contributed by atoms with Crippen LogP contribution in [0.25, 0.3) is 6.08 Å². The van der Waals surface area contributed by atoms with Crippen LogP contribution in [-0.2, 0) is 0 Å². The third-order valence-electron chi connectivity index (χ3n) is 5.55. The highest BCUT2D eigenvalue weighted by Crippen LogP contribution is 2.49. The highest BCUT2D eigenvalue weighted by Gasteiger charge is 2.43. The number of rotatable bonds is 2. The summed E-state index contributed by atoms with van der Waals surface area (Å²) in [5, 5.41) is 0. The maximum absolute atomic E-state index is 6.75. The molecule has 0 aromatic heterocycles. The van der Waals surface area contributed by atoms with Crippen molar-refractivity contribution in [2.24, 2.45) is 4.99 Å². The van der Waals surface area contributed by atoms with Crippen LogP contribution in [0.4, 0.5) is 0 Å². The van der Waals surface area contributed by atoms with Crippen molar-refractivity contribution in [2.75, 3.05) is 0 Å². The minimum atomic E-state index is -0.578. The minimum absolute atomic E-state index is 0.409. The third-order valence-corrected chi connectivity index (χ3v) is 5.55. The van der Waals surface area contributed by atoms with Crippen LogP contribution in [0.3, 0.4) is 0 Å². The first-order valence-electron chi connectivity index (χ1n) is 9.41. The second-order valence-corrected chi connectivity index (χ2v) is 7.19. The highest BCUT2D eigenvalue weighted by atomic mass is 16.5. The fourth-order valence-electron chi connectivity index (χ4n) is 4.19. The maximum Gasteiger partial charge on any atom is 0.219 e. The zero-order chi connectivity index (χ0) is 18.6. The van der Waals surface area contributed by atoms with E-state index in [-0.39, 0.29) is 0 Å². The largest absolute Gasteiger partial charge is 0.472 e. The van der Waals surface area contributed by atoms with Gasteiger partial charge in [-0.1, -0.05) is 66.8 Å². The Kier molecular flexibility index (Phi) is 3.15. The second-order valence-electron chi connectivity index (χ2n) is 7.19. The normalized spacial score (nSPS) is 25.1. The first kappa shape index (κ1) is 15.5. The Hall–Kier alpha value is -3.59. The molecule has 2 heterocycles. The summed E-state index contributed by atoms with van der Waals surface area (Å²) in [5.74, 6) is 1.64. The molecule has 3 heteroatoms. The van der Waals surface area contributed by atoms with Gasteiger partial charge in [-0.25, -0.2) is 4.99 Å². The predicted octanol–water partition coefficient (Wildman–Crippen LogP) is 5.33. The molecule has 3 nitrogen and oxygen atoms in total. The van der Waals surface area contributed by atoms with E-state index in [9.17, 15) is 0 Å². The molecule has 1 spiro atoms. The Labute approximate surface area is 163 Å². The standard InChI is InChI=1S/C25H17NO2/c1-2-10-21(11-3-1)27-24-22-18(16-26-24)13-12-17-15-20-9-6-8-19-7-4-5-14-25(19,20)28-23(17)22/h1-16,24H. The van der Waals surface area contributed by atoms with Gasteiger partial charge in [-0.15, -0.1) is 0 Å². The number of fused-ring (bicyclic) bond motifs is 3. The molecule has 4 aliphatic rings. The monoisotopic (exact) mass is 363 g/mol. The van der Waals surface area contributed by atoms with Crippen LogP contribution >= 0.6 is 0 Å². The van der Waals surface area contributed by atoms with Crippen LogP contribution in [0.2, 0.25) is 0 Å². The zero-order valence-corrected chi connectivity index (χ0v) is 15.1. The van der Waals surface area contributed by atoms with E-state index in [2.05, 4.69) is 53.6 Å². The van der Waals surface area contributed by atoms with Crippen molar-refractivity contribution in [2.45, 2.75) is 11.8 Å². The summed E-state index contributed by atoms with van der Waals surface area (Å²) in [6.45, 7) is 0. The Bertz CT molecular complexity index is 1160. The lowest BCUT2D eigenvalue weighted by molar-refractivity contribution is 0.177. The second kappa shape index (κ2) is 5.70. The van der Waals surface area contributed by atoms with Gasteiger partial charge in [-0.05, 0) is 24.3 Å². The molecule has 0 N–H and O–H groups in total. The van der Waals surface area contributed by atoms with Crippen LogP contribution in [0.5, 0.6) is 11.5 Å². The van der Waals surface area contributed by atoms with Crippen molar-refractivity contribution in [3.8, 4) is 11.5 Å². The van der Waals surface area contributed by atoms with Gasteiger partial charge < -0.3 is 9.47 Å². The summed E-state index contributed by atoms with van der Waals surface area (Å²) < 4.78 is 12.9. The minimum Gasteiger partial charge on any atom is -0.472 e. The number of ether oxygens (including phenoxy) is 2. The fourth-order valence-corrected chi connectivity index (χ4v) is 4.19. The number of benzene rings is 2. The van der Waals surface area contributed by atoms with E-state index < -0.39 is 11.8 Å². The van der Waals surface area contributed by atoms with Crippen LogP contribution in [0.15, 0.2) is 101 Å². The topological polar surface area (TPSA) is 30.8 Å². The van der Waals surface area contributed by atoms with Crippen molar-refractivity contribution in [1.82, 2.24) is 0 Å². The van der Waals surface area contributed by atoms with Crippen LogP contribution in [0, 0.1) is 0 Å². The number of hydrogen-bond acceptors (Lipinski definition) is 3.